The maximum Gasteiger partial charge on any atom is 0.0264 e. The molecule has 0 bridgehead atoms. The second-order valence-electron chi connectivity index (χ2n) is 3.60. The number of rotatable bonds is 4. The lowest BCUT2D eigenvalue weighted by atomic mass is 10.2. The predicted octanol–water partition coefficient (Wildman–Crippen LogP) is 0.116. The molecule has 4 nitrogen and oxygen atoms in total. The van der Waals surface area contributed by atoms with Gasteiger partial charge in [0.2, 0.25) is 0 Å². The van der Waals surface area contributed by atoms with Crippen molar-refractivity contribution in [3.05, 3.63) is 11.8 Å². The lowest BCUT2D eigenvalue weighted by molar-refractivity contribution is 0.147. The summed E-state index contributed by atoms with van der Waals surface area (Å²) in [5.74, 6) is 0. The molecule has 1 fully saturated rings. The Hall–Kier alpha value is -0.870. The minimum Gasteiger partial charge on any atom is -0.404 e. The van der Waals surface area contributed by atoms with Crippen LogP contribution in [-0.2, 0) is 0 Å². The van der Waals surface area contributed by atoms with E-state index in [1.54, 1.807) is 0 Å². The summed E-state index contributed by atoms with van der Waals surface area (Å²) in [5.41, 5.74) is 6.30. The lowest BCUT2D eigenvalue weighted by Crippen LogP contribution is -2.46. The Kier molecular flexibility index (Phi) is 4.62. The van der Waals surface area contributed by atoms with E-state index < -0.39 is 0 Å². The SMILES string of the molecule is CCN1CCN(C/C(C=N)=C/N)CC1. The zero-order valence-electron chi connectivity index (χ0n) is 8.87. The monoisotopic (exact) mass is 196 g/mol. The van der Waals surface area contributed by atoms with Gasteiger partial charge in [-0.25, -0.2) is 0 Å². The molecule has 14 heavy (non-hydrogen) atoms. The van der Waals surface area contributed by atoms with Gasteiger partial charge in [-0.15, -0.1) is 0 Å². The van der Waals surface area contributed by atoms with E-state index in [1.807, 2.05) is 0 Å². The molecular formula is C10H20N4. The van der Waals surface area contributed by atoms with Crippen molar-refractivity contribution in [3.8, 4) is 0 Å². The molecule has 1 saturated heterocycles. The van der Waals surface area contributed by atoms with Crippen molar-refractivity contribution in [2.45, 2.75) is 6.92 Å². The van der Waals surface area contributed by atoms with Crippen LogP contribution >= 0.6 is 0 Å². The summed E-state index contributed by atoms with van der Waals surface area (Å²) in [7, 11) is 0. The minimum absolute atomic E-state index is 0.817. The van der Waals surface area contributed by atoms with Crippen molar-refractivity contribution in [3.63, 3.8) is 0 Å². The van der Waals surface area contributed by atoms with Gasteiger partial charge in [0.05, 0.1) is 0 Å². The fourth-order valence-electron chi connectivity index (χ4n) is 1.67. The van der Waals surface area contributed by atoms with Crippen LogP contribution in [-0.4, -0.2) is 55.3 Å². The number of nitrogens with zero attached hydrogens (tertiary/aromatic N) is 2. The van der Waals surface area contributed by atoms with E-state index in [-0.39, 0.29) is 0 Å². The lowest BCUT2D eigenvalue weighted by Gasteiger charge is -2.34. The molecule has 1 aliphatic rings. The van der Waals surface area contributed by atoms with Crippen LogP contribution in [0.5, 0.6) is 0 Å². The van der Waals surface area contributed by atoms with E-state index in [9.17, 15) is 0 Å². The smallest absolute Gasteiger partial charge is 0.0264 e. The third-order valence-corrected chi connectivity index (χ3v) is 2.72. The molecule has 0 aromatic carbocycles. The van der Waals surface area contributed by atoms with E-state index >= 15 is 0 Å². The zero-order chi connectivity index (χ0) is 10.4. The Balaban J connectivity index is 2.31. The molecular weight excluding hydrogens is 176 g/mol. The average molecular weight is 196 g/mol. The van der Waals surface area contributed by atoms with Crippen molar-refractivity contribution in [1.82, 2.24) is 9.80 Å². The number of piperazine rings is 1. The molecule has 0 aliphatic carbocycles. The maximum atomic E-state index is 7.14. The van der Waals surface area contributed by atoms with E-state index in [0.717, 1.165) is 44.8 Å². The first-order valence-corrected chi connectivity index (χ1v) is 5.16. The Labute approximate surface area is 85.9 Å². The van der Waals surface area contributed by atoms with E-state index in [4.69, 9.17) is 11.1 Å². The van der Waals surface area contributed by atoms with Gasteiger partial charge < -0.3 is 16.0 Å². The van der Waals surface area contributed by atoms with Gasteiger partial charge in [0, 0.05) is 38.9 Å². The summed E-state index contributed by atoms with van der Waals surface area (Å²) in [4.78, 5) is 4.78. The minimum atomic E-state index is 0.817. The summed E-state index contributed by atoms with van der Waals surface area (Å²) < 4.78 is 0. The predicted molar refractivity (Wildman–Crippen MR) is 59.6 cm³/mol. The highest BCUT2D eigenvalue weighted by Gasteiger charge is 2.15. The standard InChI is InChI=1S/C10H20N4/c1-2-13-3-5-14(6-4-13)9-10(7-11)8-12/h7-8,11H,2-6,9,12H2,1H3/b10-8+,11-7?. The highest BCUT2D eigenvalue weighted by atomic mass is 15.3. The summed E-state index contributed by atoms with van der Waals surface area (Å²) in [6.07, 6.45) is 2.87. The van der Waals surface area contributed by atoms with Crippen LogP contribution in [0.25, 0.3) is 0 Å². The maximum absolute atomic E-state index is 7.14. The summed E-state index contributed by atoms with van der Waals surface area (Å²) >= 11 is 0. The number of hydrogen-bond acceptors (Lipinski definition) is 4. The van der Waals surface area contributed by atoms with Gasteiger partial charge in [0.15, 0.2) is 0 Å². The van der Waals surface area contributed by atoms with Crippen LogP contribution < -0.4 is 5.73 Å². The van der Waals surface area contributed by atoms with Crippen molar-refractivity contribution in [2.24, 2.45) is 5.73 Å². The van der Waals surface area contributed by atoms with Crippen LogP contribution in [0.3, 0.4) is 0 Å². The van der Waals surface area contributed by atoms with Gasteiger partial charge >= 0.3 is 0 Å². The number of nitrogens with one attached hydrogen (secondary N) is 1. The summed E-state index contributed by atoms with van der Waals surface area (Å²) in [6, 6.07) is 0. The topological polar surface area (TPSA) is 56.4 Å². The first-order valence-electron chi connectivity index (χ1n) is 5.16. The second kappa shape index (κ2) is 5.78. The third-order valence-electron chi connectivity index (χ3n) is 2.72. The first-order chi connectivity index (χ1) is 6.80. The van der Waals surface area contributed by atoms with Gasteiger partial charge in [-0.05, 0) is 18.3 Å². The van der Waals surface area contributed by atoms with Gasteiger partial charge in [-0.3, -0.25) is 4.90 Å². The van der Waals surface area contributed by atoms with Gasteiger partial charge in [0.1, 0.15) is 0 Å². The fraction of sp³-hybridized carbons (Fsp3) is 0.700. The molecule has 0 saturated carbocycles. The zero-order valence-corrected chi connectivity index (χ0v) is 8.87. The van der Waals surface area contributed by atoms with Crippen molar-refractivity contribution < 1.29 is 0 Å². The molecule has 0 spiro atoms. The fourth-order valence-corrected chi connectivity index (χ4v) is 1.67. The van der Waals surface area contributed by atoms with Crippen LogP contribution in [0, 0.1) is 5.41 Å². The van der Waals surface area contributed by atoms with Crippen LogP contribution in [0.2, 0.25) is 0 Å². The summed E-state index contributed by atoms with van der Waals surface area (Å²) in [6.45, 7) is 8.57. The molecule has 0 unspecified atom stereocenters. The Morgan fingerprint density at radius 1 is 1.29 bits per heavy atom. The third kappa shape index (κ3) is 3.12. The molecule has 4 heteroatoms. The number of hydrogen-bond donors (Lipinski definition) is 2. The average Bonchev–Trinajstić information content (AvgIpc) is 2.26. The van der Waals surface area contributed by atoms with Gasteiger partial charge in [-0.1, -0.05) is 6.92 Å². The van der Waals surface area contributed by atoms with E-state index in [1.165, 1.54) is 12.4 Å². The Morgan fingerprint density at radius 3 is 2.29 bits per heavy atom. The number of nitrogens with two attached hydrogens (primary N) is 1. The molecule has 3 N–H and O–H groups in total. The van der Waals surface area contributed by atoms with Gasteiger partial charge in [-0.2, -0.15) is 0 Å². The van der Waals surface area contributed by atoms with Crippen molar-refractivity contribution in [2.75, 3.05) is 39.3 Å². The van der Waals surface area contributed by atoms with Crippen molar-refractivity contribution >= 4 is 6.21 Å². The van der Waals surface area contributed by atoms with Gasteiger partial charge in [0.25, 0.3) is 0 Å². The van der Waals surface area contributed by atoms with E-state index in [0.29, 0.717) is 0 Å². The quantitative estimate of drug-likeness (QED) is 0.628. The molecule has 1 heterocycles. The molecule has 1 aliphatic heterocycles. The largest absolute Gasteiger partial charge is 0.404 e. The van der Waals surface area contributed by atoms with Crippen LogP contribution in [0.1, 0.15) is 6.92 Å². The molecule has 0 aromatic rings. The van der Waals surface area contributed by atoms with Crippen molar-refractivity contribution in [1.29, 1.82) is 5.41 Å². The van der Waals surface area contributed by atoms with E-state index in [2.05, 4.69) is 16.7 Å². The highest BCUT2D eigenvalue weighted by molar-refractivity contribution is 5.75. The summed E-state index contributed by atoms with van der Waals surface area (Å²) in [5, 5.41) is 7.14. The molecule has 80 valence electrons. The molecule has 0 amide bonds. The van der Waals surface area contributed by atoms with Crippen LogP contribution in [0.4, 0.5) is 0 Å². The molecule has 0 radical (unpaired) electrons. The van der Waals surface area contributed by atoms with Crippen LogP contribution in [0.15, 0.2) is 11.8 Å². The molecule has 0 aromatic heterocycles. The molecule has 1 rings (SSSR count). The normalized spacial score (nSPS) is 21.1. The Bertz CT molecular complexity index is 204. The first kappa shape index (κ1) is 11.2. The second-order valence-corrected chi connectivity index (χ2v) is 3.60. The molecule has 0 atom stereocenters. The highest BCUT2D eigenvalue weighted by Crippen LogP contribution is 2.03. The number of likely N-dealkylation sites (N-methyl/N-ethyl adjacent to an activating group) is 1. The Morgan fingerprint density at radius 2 is 1.86 bits per heavy atom.